The van der Waals surface area contributed by atoms with Crippen molar-refractivity contribution in [2.45, 2.75) is 46.6 Å². The first-order chi connectivity index (χ1) is 9.13. The van der Waals surface area contributed by atoms with E-state index in [2.05, 4.69) is 29.4 Å². The second-order valence-corrected chi connectivity index (χ2v) is 4.58. The zero-order chi connectivity index (χ0) is 14.3. The molecule has 0 bridgehead atoms. The summed E-state index contributed by atoms with van der Waals surface area (Å²) in [5, 5.41) is 11.2. The van der Waals surface area contributed by atoms with Gasteiger partial charge in [-0.05, 0) is 38.8 Å². The molecule has 1 heterocycles. The highest BCUT2D eigenvalue weighted by molar-refractivity contribution is 5.92. The molecule has 0 spiro atoms. The summed E-state index contributed by atoms with van der Waals surface area (Å²) in [6, 6.07) is 3.76. The summed E-state index contributed by atoms with van der Waals surface area (Å²) in [5.41, 5.74) is 0.407. The minimum absolute atomic E-state index is 0.0496. The number of hydrogen-bond acceptors (Lipinski definition) is 4. The lowest BCUT2D eigenvalue weighted by molar-refractivity contribution is 0.0692. The Morgan fingerprint density at radius 2 is 2.05 bits per heavy atom. The van der Waals surface area contributed by atoms with E-state index in [-0.39, 0.29) is 11.9 Å². The Morgan fingerprint density at radius 3 is 2.53 bits per heavy atom. The number of amides is 1. The minimum Gasteiger partial charge on any atom is -0.369 e. The molecule has 0 aromatic carbocycles. The summed E-state index contributed by atoms with van der Waals surface area (Å²) in [6.07, 6.45) is 1.96. The van der Waals surface area contributed by atoms with Crippen molar-refractivity contribution < 1.29 is 4.79 Å². The molecular formula is C14H24N4O. The van der Waals surface area contributed by atoms with E-state index in [1.54, 1.807) is 12.1 Å². The number of nitrogens with zero attached hydrogens (tertiary/aromatic N) is 3. The van der Waals surface area contributed by atoms with Gasteiger partial charge < -0.3 is 10.2 Å². The van der Waals surface area contributed by atoms with Crippen LogP contribution in [0.4, 0.5) is 5.82 Å². The minimum atomic E-state index is -0.0496. The molecule has 1 rings (SSSR count). The topological polar surface area (TPSA) is 58.1 Å². The van der Waals surface area contributed by atoms with Crippen molar-refractivity contribution in [3.63, 3.8) is 0 Å². The van der Waals surface area contributed by atoms with Crippen molar-refractivity contribution in [3.05, 3.63) is 17.8 Å². The SMILES string of the molecule is CCCNc1ccc(C(=O)N(CC)C(C)CC)nn1. The second-order valence-electron chi connectivity index (χ2n) is 4.58. The van der Waals surface area contributed by atoms with Crippen LogP contribution in [0.2, 0.25) is 0 Å². The van der Waals surface area contributed by atoms with E-state index in [4.69, 9.17) is 0 Å². The molecule has 0 saturated carbocycles. The number of rotatable bonds is 7. The lowest BCUT2D eigenvalue weighted by Gasteiger charge is -2.26. The van der Waals surface area contributed by atoms with E-state index in [0.717, 1.165) is 19.4 Å². The van der Waals surface area contributed by atoms with Crippen LogP contribution in [0.25, 0.3) is 0 Å². The van der Waals surface area contributed by atoms with E-state index < -0.39 is 0 Å². The Labute approximate surface area is 115 Å². The highest BCUT2D eigenvalue weighted by atomic mass is 16.2. The van der Waals surface area contributed by atoms with Crippen LogP contribution < -0.4 is 5.32 Å². The maximum absolute atomic E-state index is 12.3. The number of nitrogens with one attached hydrogen (secondary N) is 1. The molecule has 1 atom stereocenters. The van der Waals surface area contributed by atoms with Gasteiger partial charge >= 0.3 is 0 Å². The van der Waals surface area contributed by atoms with E-state index in [1.807, 2.05) is 18.7 Å². The van der Waals surface area contributed by atoms with Gasteiger partial charge in [0, 0.05) is 19.1 Å². The van der Waals surface area contributed by atoms with Crippen molar-refractivity contribution in [1.82, 2.24) is 15.1 Å². The van der Waals surface area contributed by atoms with Crippen molar-refractivity contribution >= 4 is 11.7 Å². The van der Waals surface area contributed by atoms with Crippen LogP contribution in [0.1, 0.15) is 51.0 Å². The Kier molecular flexibility index (Phi) is 6.25. The molecule has 1 N–H and O–H groups in total. The number of carbonyl (C=O) groups excluding carboxylic acids is 1. The average Bonchev–Trinajstić information content (AvgIpc) is 2.46. The Balaban J connectivity index is 2.76. The van der Waals surface area contributed by atoms with Gasteiger partial charge in [-0.3, -0.25) is 4.79 Å². The summed E-state index contributed by atoms with van der Waals surface area (Å²) in [7, 11) is 0. The van der Waals surface area contributed by atoms with Crippen LogP contribution in [0.5, 0.6) is 0 Å². The Hall–Kier alpha value is -1.65. The molecule has 1 amide bonds. The molecule has 1 aromatic rings. The fourth-order valence-electron chi connectivity index (χ4n) is 1.82. The molecule has 0 aliphatic heterocycles. The first kappa shape index (κ1) is 15.4. The van der Waals surface area contributed by atoms with Gasteiger partial charge in [-0.15, -0.1) is 10.2 Å². The largest absolute Gasteiger partial charge is 0.369 e. The third kappa shape index (κ3) is 4.19. The molecule has 0 aliphatic rings. The molecule has 0 saturated heterocycles. The smallest absolute Gasteiger partial charge is 0.274 e. The van der Waals surface area contributed by atoms with Crippen LogP contribution in [-0.4, -0.2) is 40.1 Å². The molecule has 19 heavy (non-hydrogen) atoms. The highest BCUT2D eigenvalue weighted by Crippen LogP contribution is 2.10. The summed E-state index contributed by atoms with van der Waals surface area (Å²) < 4.78 is 0. The van der Waals surface area contributed by atoms with E-state index >= 15 is 0 Å². The van der Waals surface area contributed by atoms with Crippen molar-refractivity contribution in [2.75, 3.05) is 18.4 Å². The maximum atomic E-state index is 12.3. The quantitative estimate of drug-likeness (QED) is 0.822. The molecule has 0 fully saturated rings. The molecule has 5 heteroatoms. The molecule has 106 valence electrons. The van der Waals surface area contributed by atoms with Gasteiger partial charge in [0.1, 0.15) is 5.82 Å². The predicted molar refractivity (Wildman–Crippen MR) is 77.3 cm³/mol. The molecule has 1 aromatic heterocycles. The summed E-state index contributed by atoms with van der Waals surface area (Å²) in [4.78, 5) is 14.1. The molecule has 1 unspecified atom stereocenters. The fraction of sp³-hybridized carbons (Fsp3) is 0.643. The Bertz CT molecular complexity index is 391. The van der Waals surface area contributed by atoms with Gasteiger partial charge in [0.15, 0.2) is 5.69 Å². The zero-order valence-corrected chi connectivity index (χ0v) is 12.3. The number of carbonyl (C=O) groups is 1. The van der Waals surface area contributed by atoms with E-state index in [1.165, 1.54) is 0 Å². The molecule has 5 nitrogen and oxygen atoms in total. The van der Waals surface area contributed by atoms with Crippen LogP contribution in [0.15, 0.2) is 12.1 Å². The number of aromatic nitrogens is 2. The third-order valence-corrected chi connectivity index (χ3v) is 3.16. The van der Waals surface area contributed by atoms with E-state index in [0.29, 0.717) is 18.1 Å². The lowest BCUT2D eigenvalue weighted by atomic mass is 10.2. The van der Waals surface area contributed by atoms with Gasteiger partial charge in [0.2, 0.25) is 0 Å². The first-order valence-electron chi connectivity index (χ1n) is 7.02. The number of hydrogen-bond donors (Lipinski definition) is 1. The van der Waals surface area contributed by atoms with Crippen molar-refractivity contribution in [1.29, 1.82) is 0 Å². The van der Waals surface area contributed by atoms with Crippen LogP contribution >= 0.6 is 0 Å². The predicted octanol–water partition coefficient (Wildman–Crippen LogP) is 2.56. The monoisotopic (exact) mass is 264 g/mol. The van der Waals surface area contributed by atoms with Gasteiger partial charge in [-0.2, -0.15) is 0 Å². The molecular weight excluding hydrogens is 240 g/mol. The summed E-state index contributed by atoms with van der Waals surface area (Å²) in [5.74, 6) is 0.663. The molecule has 0 aliphatic carbocycles. The summed E-state index contributed by atoms with van der Waals surface area (Å²) in [6.45, 7) is 9.73. The Morgan fingerprint density at radius 1 is 1.32 bits per heavy atom. The van der Waals surface area contributed by atoms with Crippen LogP contribution in [-0.2, 0) is 0 Å². The van der Waals surface area contributed by atoms with Gasteiger partial charge in [-0.25, -0.2) is 0 Å². The van der Waals surface area contributed by atoms with Gasteiger partial charge in [0.05, 0.1) is 0 Å². The van der Waals surface area contributed by atoms with Gasteiger partial charge in [0.25, 0.3) is 5.91 Å². The third-order valence-electron chi connectivity index (χ3n) is 3.16. The average molecular weight is 264 g/mol. The van der Waals surface area contributed by atoms with Crippen LogP contribution in [0, 0.1) is 0 Å². The first-order valence-corrected chi connectivity index (χ1v) is 7.02. The lowest BCUT2D eigenvalue weighted by Crippen LogP contribution is -2.38. The maximum Gasteiger partial charge on any atom is 0.274 e. The standard InChI is InChI=1S/C14H24N4O/c1-5-10-15-13-9-8-12(16-17-13)14(19)18(7-3)11(4)6-2/h8-9,11H,5-7,10H2,1-4H3,(H,15,17). The van der Waals surface area contributed by atoms with Crippen LogP contribution in [0.3, 0.4) is 0 Å². The highest BCUT2D eigenvalue weighted by Gasteiger charge is 2.20. The van der Waals surface area contributed by atoms with Crippen molar-refractivity contribution in [3.8, 4) is 0 Å². The normalized spacial score (nSPS) is 12.0. The molecule has 0 radical (unpaired) electrons. The number of anilines is 1. The summed E-state index contributed by atoms with van der Waals surface area (Å²) >= 11 is 0. The fourth-order valence-corrected chi connectivity index (χ4v) is 1.82. The van der Waals surface area contributed by atoms with E-state index in [9.17, 15) is 4.79 Å². The van der Waals surface area contributed by atoms with Gasteiger partial charge in [-0.1, -0.05) is 13.8 Å². The second kappa shape index (κ2) is 7.71. The van der Waals surface area contributed by atoms with Crippen molar-refractivity contribution in [2.24, 2.45) is 0 Å². The zero-order valence-electron chi connectivity index (χ0n) is 12.3.